The molecule has 3 heterocycles. The van der Waals surface area contributed by atoms with Crippen molar-refractivity contribution >= 4 is 40.7 Å². The van der Waals surface area contributed by atoms with Crippen LogP contribution in [0.15, 0.2) is 36.4 Å². The topological polar surface area (TPSA) is 172 Å². The highest BCUT2D eigenvalue weighted by molar-refractivity contribution is 5.97. The van der Waals surface area contributed by atoms with Gasteiger partial charge in [-0.1, -0.05) is 25.0 Å². The van der Waals surface area contributed by atoms with Crippen molar-refractivity contribution in [2.45, 2.75) is 107 Å². The molecule has 1 aromatic carbocycles. The summed E-state index contributed by atoms with van der Waals surface area (Å²) < 4.78 is 27.9. The summed E-state index contributed by atoms with van der Waals surface area (Å²) in [5, 5.41) is 6.36. The zero-order valence-corrected chi connectivity index (χ0v) is 30.0. The molecule has 0 unspecified atom stereocenters. The summed E-state index contributed by atoms with van der Waals surface area (Å²) in [6.45, 7) is 1.86. The van der Waals surface area contributed by atoms with Gasteiger partial charge in [0.25, 0.3) is 0 Å². The number of pyridine rings is 1. The molecule has 2 saturated carbocycles. The summed E-state index contributed by atoms with van der Waals surface area (Å²) in [5.74, 6) is -1.57. The number of amides is 3. The lowest BCUT2D eigenvalue weighted by molar-refractivity contribution is -0.150. The van der Waals surface area contributed by atoms with E-state index in [1.54, 1.807) is 25.1 Å². The number of hydrogen-bond donors (Lipinski definition) is 2. The third-order valence-electron chi connectivity index (χ3n) is 10.4. The van der Waals surface area contributed by atoms with Crippen molar-refractivity contribution in [3.8, 4) is 11.5 Å². The molecule has 1 aromatic heterocycles. The van der Waals surface area contributed by atoms with Crippen LogP contribution >= 0.6 is 0 Å². The Morgan fingerprint density at radius 3 is 2.56 bits per heavy atom. The van der Waals surface area contributed by atoms with E-state index in [0.29, 0.717) is 41.7 Å². The highest BCUT2D eigenvalue weighted by Gasteiger charge is 2.62. The number of nitrogens with one attached hydrogen (secondary N) is 2. The number of rotatable bonds is 8. The first-order chi connectivity index (χ1) is 25.1. The monoisotopic (exact) mass is 720 g/mol. The Labute approximate surface area is 302 Å². The fourth-order valence-electron chi connectivity index (χ4n) is 7.52. The average molecular weight is 721 g/mol. The molecule has 5 atom stereocenters. The van der Waals surface area contributed by atoms with E-state index in [-0.39, 0.29) is 37.3 Å². The number of nitrogens with zero attached hydrogens (tertiary/aromatic N) is 2. The van der Waals surface area contributed by atoms with Gasteiger partial charge < -0.3 is 39.2 Å². The Hall–Kier alpha value is -4.88. The fraction of sp³-hybridized carbons (Fsp3) is 0.579. The van der Waals surface area contributed by atoms with Gasteiger partial charge in [0.2, 0.25) is 11.8 Å². The molecule has 0 radical (unpaired) electrons. The number of alkyl carbamates (subject to hydrolysis) is 1. The summed E-state index contributed by atoms with van der Waals surface area (Å²) in [4.78, 5) is 73.6. The zero-order valence-electron chi connectivity index (χ0n) is 30.0. The summed E-state index contributed by atoms with van der Waals surface area (Å²) >= 11 is 0. The fourth-order valence-corrected chi connectivity index (χ4v) is 7.52. The quantitative estimate of drug-likeness (QED) is 0.225. The number of hydrogen-bond acceptors (Lipinski definition) is 11. The normalized spacial score (nSPS) is 27.2. The number of carbonyl (C=O) groups excluding carboxylic acids is 5. The predicted octanol–water partition coefficient (Wildman–Crippen LogP) is 4.37. The maximum Gasteiger partial charge on any atom is 0.408 e. The standard InChI is InChI=1S/C38H48N4O10/c1-4-50-36(46)38-21-23(38)12-8-6-5-7-9-15-28(40-37(47)52-24-13-10-11-14-24)34(44)42-22-26(19-31(42)33(43)41-38)51-32-20-30(35(45)49-3)39-29-18-25(48-2)16-17-27(29)32/h8,12,16-18,20,23-24,26,28,31H,4-7,9-11,13-15,19,21-22H2,1-3H3,(H,40,47)(H,41,43)/b12-8-/t23-,26-,28+,31+,38-/m1/s1. The average Bonchev–Trinajstić information content (AvgIpc) is 3.41. The molecule has 3 fully saturated rings. The van der Waals surface area contributed by atoms with Crippen LogP contribution in [0.5, 0.6) is 11.5 Å². The van der Waals surface area contributed by atoms with E-state index in [4.69, 9.17) is 23.7 Å². The summed E-state index contributed by atoms with van der Waals surface area (Å²) in [7, 11) is 2.77. The second-order valence-electron chi connectivity index (χ2n) is 13.9. The van der Waals surface area contributed by atoms with Crippen LogP contribution in [-0.4, -0.2) is 96.9 Å². The summed E-state index contributed by atoms with van der Waals surface area (Å²) in [6, 6.07) is 4.64. The van der Waals surface area contributed by atoms with Crippen molar-refractivity contribution in [1.82, 2.24) is 20.5 Å². The lowest BCUT2D eigenvalue weighted by atomic mass is 10.0. The number of ether oxygens (including phenoxy) is 5. The van der Waals surface area contributed by atoms with Gasteiger partial charge in [0.15, 0.2) is 5.69 Å². The van der Waals surface area contributed by atoms with Gasteiger partial charge in [0.1, 0.15) is 41.3 Å². The van der Waals surface area contributed by atoms with E-state index >= 15 is 0 Å². The van der Waals surface area contributed by atoms with Gasteiger partial charge in [-0.25, -0.2) is 19.4 Å². The van der Waals surface area contributed by atoms with E-state index in [0.717, 1.165) is 44.9 Å². The molecule has 52 heavy (non-hydrogen) atoms. The minimum Gasteiger partial charge on any atom is -0.497 e. The van der Waals surface area contributed by atoms with Crippen molar-refractivity contribution in [2.24, 2.45) is 5.92 Å². The Balaban J connectivity index is 1.32. The molecule has 6 rings (SSSR count). The smallest absolute Gasteiger partial charge is 0.408 e. The number of benzene rings is 1. The molecule has 3 amide bonds. The number of aromatic nitrogens is 1. The minimum atomic E-state index is -1.24. The highest BCUT2D eigenvalue weighted by atomic mass is 16.6. The molecule has 1 saturated heterocycles. The summed E-state index contributed by atoms with van der Waals surface area (Å²) in [5.41, 5.74) is -0.807. The van der Waals surface area contributed by atoms with Crippen molar-refractivity contribution < 1.29 is 47.7 Å². The number of carbonyl (C=O) groups is 5. The van der Waals surface area contributed by atoms with E-state index in [9.17, 15) is 24.0 Å². The largest absolute Gasteiger partial charge is 0.497 e. The van der Waals surface area contributed by atoms with Crippen LogP contribution in [0.25, 0.3) is 10.9 Å². The molecule has 280 valence electrons. The Morgan fingerprint density at radius 1 is 1.02 bits per heavy atom. The lowest BCUT2D eigenvalue weighted by Gasteiger charge is -2.29. The van der Waals surface area contributed by atoms with Crippen molar-refractivity contribution in [3.05, 3.63) is 42.1 Å². The highest BCUT2D eigenvalue weighted by Crippen LogP contribution is 2.46. The van der Waals surface area contributed by atoms with E-state index in [1.807, 2.05) is 12.2 Å². The van der Waals surface area contributed by atoms with Gasteiger partial charge >= 0.3 is 18.0 Å². The van der Waals surface area contributed by atoms with Gasteiger partial charge in [-0.15, -0.1) is 0 Å². The second-order valence-corrected chi connectivity index (χ2v) is 13.9. The SMILES string of the molecule is CCOC(=O)[C@@]12C[C@H]1/C=C\CCCCC[C@H](NC(=O)OC1CCCC1)C(=O)N1C[C@H](Oc3cc(C(=O)OC)nc4cc(OC)ccc34)C[C@H]1C(=O)N2. The van der Waals surface area contributed by atoms with Crippen LogP contribution in [0.4, 0.5) is 4.79 Å². The van der Waals surface area contributed by atoms with Crippen LogP contribution in [0, 0.1) is 5.92 Å². The van der Waals surface area contributed by atoms with Gasteiger partial charge in [-0.3, -0.25) is 9.59 Å². The maximum atomic E-state index is 14.5. The lowest BCUT2D eigenvalue weighted by Crippen LogP contribution is -2.56. The molecular weight excluding hydrogens is 672 g/mol. The minimum absolute atomic E-state index is 0.00393. The first-order valence-electron chi connectivity index (χ1n) is 18.3. The molecule has 2 aliphatic heterocycles. The number of methoxy groups -OCH3 is 2. The van der Waals surface area contributed by atoms with Gasteiger partial charge in [0.05, 0.1) is 32.9 Å². The first kappa shape index (κ1) is 36.9. The van der Waals surface area contributed by atoms with Crippen molar-refractivity contribution in [3.63, 3.8) is 0 Å². The van der Waals surface area contributed by atoms with Crippen LogP contribution in [0.2, 0.25) is 0 Å². The first-order valence-corrected chi connectivity index (χ1v) is 18.3. The Morgan fingerprint density at radius 2 is 1.81 bits per heavy atom. The van der Waals surface area contributed by atoms with Crippen LogP contribution in [0.1, 0.15) is 88.0 Å². The number of fused-ring (bicyclic) bond motifs is 3. The van der Waals surface area contributed by atoms with E-state index in [2.05, 4.69) is 15.6 Å². The Kier molecular flexibility index (Phi) is 11.5. The molecule has 14 nitrogen and oxygen atoms in total. The van der Waals surface area contributed by atoms with Crippen LogP contribution in [-0.2, 0) is 28.6 Å². The van der Waals surface area contributed by atoms with Crippen LogP contribution < -0.4 is 20.1 Å². The third kappa shape index (κ3) is 8.10. The summed E-state index contributed by atoms with van der Waals surface area (Å²) in [6.07, 6.45) is 9.89. The molecule has 2 aromatic rings. The molecule has 0 bridgehead atoms. The molecule has 4 aliphatic rings. The molecule has 2 N–H and O–H groups in total. The zero-order chi connectivity index (χ0) is 36.8. The van der Waals surface area contributed by atoms with Crippen LogP contribution in [0.3, 0.4) is 0 Å². The molecule has 2 aliphatic carbocycles. The van der Waals surface area contributed by atoms with Gasteiger partial charge in [-0.05, 0) is 70.4 Å². The van der Waals surface area contributed by atoms with Gasteiger partial charge in [0, 0.05) is 29.9 Å². The van der Waals surface area contributed by atoms with E-state index in [1.165, 1.54) is 25.2 Å². The van der Waals surface area contributed by atoms with Crippen molar-refractivity contribution in [2.75, 3.05) is 27.4 Å². The molecule has 14 heteroatoms. The maximum absolute atomic E-state index is 14.5. The van der Waals surface area contributed by atoms with Gasteiger partial charge in [-0.2, -0.15) is 0 Å². The predicted molar refractivity (Wildman–Crippen MR) is 188 cm³/mol. The number of allylic oxidation sites excluding steroid dienone is 1. The second kappa shape index (κ2) is 16.2. The Bertz CT molecular complexity index is 1710. The third-order valence-corrected chi connectivity index (χ3v) is 10.4. The van der Waals surface area contributed by atoms with E-state index < -0.39 is 53.6 Å². The van der Waals surface area contributed by atoms with Crippen molar-refractivity contribution in [1.29, 1.82) is 0 Å². The number of esters is 2. The molecule has 0 spiro atoms. The molecular formula is C38H48N4O10.